The first-order chi connectivity index (χ1) is 11.0. The fraction of sp³-hybridized carbons (Fsp3) is 0.278. The average molecular weight is 319 g/mol. The zero-order valence-corrected chi connectivity index (χ0v) is 12.4. The number of alkyl halides is 3. The van der Waals surface area contributed by atoms with E-state index in [1.54, 1.807) is 4.90 Å². The maximum Gasteiger partial charge on any atom is 0.416 e. The molecule has 1 atom stereocenters. The molecule has 120 valence electrons. The van der Waals surface area contributed by atoms with Crippen molar-refractivity contribution in [1.82, 2.24) is 4.90 Å². The zero-order chi connectivity index (χ0) is 16.4. The third-order valence-corrected chi connectivity index (χ3v) is 4.16. The molecule has 0 N–H and O–H groups in total. The van der Waals surface area contributed by atoms with Gasteiger partial charge in [-0.1, -0.05) is 30.3 Å². The van der Waals surface area contributed by atoms with Crippen LogP contribution in [0.1, 0.15) is 40.4 Å². The van der Waals surface area contributed by atoms with E-state index >= 15 is 0 Å². The van der Waals surface area contributed by atoms with Crippen LogP contribution in [0.15, 0.2) is 54.6 Å². The van der Waals surface area contributed by atoms with E-state index in [2.05, 4.69) is 0 Å². The van der Waals surface area contributed by atoms with Crippen molar-refractivity contribution in [3.05, 3.63) is 71.3 Å². The van der Waals surface area contributed by atoms with Gasteiger partial charge in [-0.2, -0.15) is 13.2 Å². The summed E-state index contributed by atoms with van der Waals surface area (Å²) in [5, 5.41) is 0. The van der Waals surface area contributed by atoms with Crippen LogP contribution in [0, 0.1) is 0 Å². The summed E-state index contributed by atoms with van der Waals surface area (Å²) in [5.41, 5.74) is 0.612. The van der Waals surface area contributed by atoms with Crippen molar-refractivity contribution in [2.24, 2.45) is 0 Å². The second kappa shape index (κ2) is 6.07. The Morgan fingerprint density at radius 3 is 2.26 bits per heavy atom. The number of hydrogen-bond donors (Lipinski definition) is 0. The van der Waals surface area contributed by atoms with Crippen LogP contribution in [0.5, 0.6) is 0 Å². The minimum Gasteiger partial charge on any atom is -0.332 e. The molecular weight excluding hydrogens is 303 g/mol. The van der Waals surface area contributed by atoms with Gasteiger partial charge in [0, 0.05) is 12.1 Å². The highest BCUT2D eigenvalue weighted by atomic mass is 19.4. The highest BCUT2D eigenvalue weighted by molar-refractivity contribution is 5.94. The van der Waals surface area contributed by atoms with Crippen LogP contribution < -0.4 is 0 Å². The number of likely N-dealkylation sites (tertiary alicyclic amines) is 1. The normalized spacial score (nSPS) is 18.2. The molecule has 2 aromatic rings. The highest BCUT2D eigenvalue weighted by Gasteiger charge is 2.32. The van der Waals surface area contributed by atoms with Crippen LogP contribution in [0.3, 0.4) is 0 Å². The van der Waals surface area contributed by atoms with E-state index < -0.39 is 11.7 Å². The molecule has 23 heavy (non-hydrogen) atoms. The van der Waals surface area contributed by atoms with Crippen molar-refractivity contribution in [3.63, 3.8) is 0 Å². The van der Waals surface area contributed by atoms with E-state index in [4.69, 9.17) is 0 Å². The molecule has 0 spiro atoms. The van der Waals surface area contributed by atoms with Crippen molar-refractivity contribution >= 4 is 5.91 Å². The number of halogens is 3. The van der Waals surface area contributed by atoms with E-state index in [0.717, 1.165) is 30.5 Å². The predicted octanol–water partition coefficient (Wildman–Crippen LogP) is 4.68. The van der Waals surface area contributed by atoms with Crippen LogP contribution in [-0.2, 0) is 6.18 Å². The third kappa shape index (κ3) is 3.23. The first kappa shape index (κ1) is 15.6. The smallest absolute Gasteiger partial charge is 0.332 e. The van der Waals surface area contributed by atoms with Crippen LogP contribution in [0.25, 0.3) is 0 Å². The topological polar surface area (TPSA) is 20.3 Å². The second-order valence-corrected chi connectivity index (χ2v) is 5.64. The lowest BCUT2D eigenvalue weighted by Crippen LogP contribution is -2.30. The summed E-state index contributed by atoms with van der Waals surface area (Å²) in [6, 6.07) is 14.1. The molecule has 0 bridgehead atoms. The van der Waals surface area contributed by atoms with E-state index in [1.807, 2.05) is 30.3 Å². The Hall–Kier alpha value is -2.30. The number of benzene rings is 2. The fourth-order valence-corrected chi connectivity index (χ4v) is 3.00. The molecule has 2 aromatic carbocycles. The van der Waals surface area contributed by atoms with E-state index in [0.29, 0.717) is 12.1 Å². The largest absolute Gasteiger partial charge is 0.416 e. The predicted molar refractivity (Wildman–Crippen MR) is 80.9 cm³/mol. The molecule has 1 saturated heterocycles. The summed E-state index contributed by atoms with van der Waals surface area (Å²) >= 11 is 0. The lowest BCUT2D eigenvalue weighted by molar-refractivity contribution is -0.137. The molecule has 1 heterocycles. The molecule has 2 nitrogen and oxygen atoms in total. The SMILES string of the molecule is O=C(c1ccc(C(F)(F)F)cc1)N1CCCC1c1ccccc1. The van der Waals surface area contributed by atoms with E-state index in [9.17, 15) is 18.0 Å². The Morgan fingerprint density at radius 2 is 1.65 bits per heavy atom. The summed E-state index contributed by atoms with van der Waals surface area (Å²) in [4.78, 5) is 14.4. The lowest BCUT2D eigenvalue weighted by atomic mass is 10.0. The Kier molecular flexibility index (Phi) is 4.11. The van der Waals surface area contributed by atoms with Gasteiger partial charge in [-0.05, 0) is 42.7 Å². The summed E-state index contributed by atoms with van der Waals surface area (Å²) in [6.45, 7) is 0.624. The molecule has 1 aliphatic rings. The van der Waals surface area contributed by atoms with Crippen molar-refractivity contribution < 1.29 is 18.0 Å². The third-order valence-electron chi connectivity index (χ3n) is 4.16. The summed E-state index contributed by atoms with van der Waals surface area (Å²) in [6.07, 6.45) is -2.62. The maximum absolute atomic E-state index is 12.6. The molecule has 0 aromatic heterocycles. The van der Waals surface area contributed by atoms with Crippen LogP contribution in [0.4, 0.5) is 13.2 Å². The van der Waals surface area contributed by atoms with Crippen molar-refractivity contribution in [2.45, 2.75) is 25.1 Å². The first-order valence-electron chi connectivity index (χ1n) is 7.50. The van der Waals surface area contributed by atoms with Crippen LogP contribution >= 0.6 is 0 Å². The van der Waals surface area contributed by atoms with Crippen LogP contribution in [0.2, 0.25) is 0 Å². The molecule has 0 aliphatic carbocycles. The van der Waals surface area contributed by atoms with Gasteiger partial charge in [-0.3, -0.25) is 4.79 Å². The monoisotopic (exact) mass is 319 g/mol. The quantitative estimate of drug-likeness (QED) is 0.787. The van der Waals surface area contributed by atoms with Gasteiger partial charge in [0.1, 0.15) is 0 Å². The number of amides is 1. The zero-order valence-electron chi connectivity index (χ0n) is 12.4. The second-order valence-electron chi connectivity index (χ2n) is 5.64. The van der Waals surface area contributed by atoms with Crippen molar-refractivity contribution in [1.29, 1.82) is 0 Å². The number of carbonyl (C=O) groups is 1. The van der Waals surface area contributed by atoms with Crippen molar-refractivity contribution in [2.75, 3.05) is 6.54 Å². The summed E-state index contributed by atoms with van der Waals surface area (Å²) in [5.74, 6) is -0.218. The molecule has 1 fully saturated rings. The summed E-state index contributed by atoms with van der Waals surface area (Å²) in [7, 11) is 0. The van der Waals surface area contributed by atoms with Gasteiger partial charge in [-0.25, -0.2) is 0 Å². The molecule has 0 radical (unpaired) electrons. The fourth-order valence-electron chi connectivity index (χ4n) is 3.00. The Morgan fingerprint density at radius 1 is 1.00 bits per heavy atom. The van der Waals surface area contributed by atoms with Gasteiger partial charge < -0.3 is 4.90 Å². The van der Waals surface area contributed by atoms with E-state index in [1.165, 1.54) is 12.1 Å². The summed E-state index contributed by atoms with van der Waals surface area (Å²) < 4.78 is 37.8. The Bertz CT molecular complexity index is 680. The molecular formula is C18H16F3NO. The highest BCUT2D eigenvalue weighted by Crippen LogP contribution is 2.34. The minimum atomic E-state index is -4.39. The van der Waals surface area contributed by atoms with Gasteiger partial charge in [0.15, 0.2) is 0 Å². The van der Waals surface area contributed by atoms with Gasteiger partial charge in [-0.15, -0.1) is 0 Å². The molecule has 0 saturated carbocycles. The average Bonchev–Trinajstić information content (AvgIpc) is 3.04. The first-order valence-corrected chi connectivity index (χ1v) is 7.50. The number of rotatable bonds is 2. The Balaban J connectivity index is 1.82. The maximum atomic E-state index is 12.6. The molecule has 5 heteroatoms. The molecule has 3 rings (SSSR count). The molecule has 1 aliphatic heterocycles. The van der Waals surface area contributed by atoms with Gasteiger partial charge >= 0.3 is 6.18 Å². The number of nitrogens with zero attached hydrogens (tertiary/aromatic N) is 1. The minimum absolute atomic E-state index is 0.00834. The van der Waals surface area contributed by atoms with Gasteiger partial charge in [0.05, 0.1) is 11.6 Å². The molecule has 1 amide bonds. The van der Waals surface area contributed by atoms with E-state index in [-0.39, 0.29) is 11.9 Å². The number of hydrogen-bond acceptors (Lipinski definition) is 1. The van der Waals surface area contributed by atoms with Gasteiger partial charge in [0.2, 0.25) is 0 Å². The van der Waals surface area contributed by atoms with Gasteiger partial charge in [0.25, 0.3) is 5.91 Å². The number of carbonyl (C=O) groups excluding carboxylic acids is 1. The lowest BCUT2D eigenvalue weighted by Gasteiger charge is -2.25. The van der Waals surface area contributed by atoms with Crippen LogP contribution in [-0.4, -0.2) is 17.4 Å². The Labute approximate surface area is 132 Å². The molecule has 1 unspecified atom stereocenters. The standard InChI is InChI=1S/C18H16F3NO/c19-18(20,21)15-10-8-14(9-11-15)17(23)22-12-4-7-16(22)13-5-2-1-3-6-13/h1-3,5-6,8-11,16H,4,7,12H2. The van der Waals surface area contributed by atoms with Crippen molar-refractivity contribution in [3.8, 4) is 0 Å².